The third-order valence-electron chi connectivity index (χ3n) is 4.07. The van der Waals surface area contributed by atoms with Gasteiger partial charge in [-0.15, -0.1) is 0 Å². The Bertz CT molecular complexity index is 703. The van der Waals surface area contributed by atoms with Crippen LogP contribution < -0.4 is 4.74 Å². The molecule has 2 aromatic rings. The van der Waals surface area contributed by atoms with Crippen LogP contribution in [-0.4, -0.2) is 11.8 Å². The fraction of sp³-hybridized carbons (Fsp3) is 0.333. The second kappa shape index (κ2) is 5.68. The highest BCUT2D eigenvalue weighted by atomic mass is 16.5. The van der Waals surface area contributed by atoms with Crippen LogP contribution in [0.2, 0.25) is 0 Å². The van der Waals surface area contributed by atoms with Crippen molar-refractivity contribution in [3.05, 3.63) is 42.0 Å². The third-order valence-corrected chi connectivity index (χ3v) is 4.07. The van der Waals surface area contributed by atoms with E-state index in [1.165, 1.54) is 6.92 Å². The maximum atomic E-state index is 11.8. The number of ether oxygens (including phenoxy) is 1. The molecule has 21 heavy (non-hydrogen) atoms. The van der Waals surface area contributed by atoms with Crippen molar-refractivity contribution < 1.29 is 14.3 Å². The molecule has 3 heteroatoms. The van der Waals surface area contributed by atoms with E-state index in [0.717, 1.165) is 29.2 Å². The smallest absolute Gasteiger partial charge is 0.308 e. The molecule has 1 unspecified atom stereocenters. The van der Waals surface area contributed by atoms with E-state index in [1.807, 2.05) is 36.4 Å². The highest BCUT2D eigenvalue weighted by Gasteiger charge is 2.26. The van der Waals surface area contributed by atoms with Gasteiger partial charge in [0, 0.05) is 25.3 Å². The molecule has 0 saturated heterocycles. The molecule has 0 bridgehead atoms. The van der Waals surface area contributed by atoms with Gasteiger partial charge in [0.2, 0.25) is 0 Å². The fourth-order valence-corrected chi connectivity index (χ4v) is 3.21. The highest BCUT2D eigenvalue weighted by Crippen LogP contribution is 2.40. The number of esters is 1. The molecule has 1 fully saturated rings. The summed E-state index contributed by atoms with van der Waals surface area (Å²) in [5.74, 6) is 0.717. The van der Waals surface area contributed by atoms with Crippen LogP contribution in [0.4, 0.5) is 0 Å². The van der Waals surface area contributed by atoms with E-state index in [9.17, 15) is 9.59 Å². The van der Waals surface area contributed by atoms with Crippen LogP contribution >= 0.6 is 0 Å². The number of fused-ring (bicyclic) bond motifs is 1. The van der Waals surface area contributed by atoms with Crippen molar-refractivity contribution in [2.24, 2.45) is 0 Å². The number of carbonyl (C=O) groups excluding carboxylic acids is 2. The molecule has 2 aromatic carbocycles. The van der Waals surface area contributed by atoms with E-state index in [4.69, 9.17) is 4.74 Å². The van der Waals surface area contributed by atoms with Gasteiger partial charge in [-0.2, -0.15) is 0 Å². The van der Waals surface area contributed by atoms with E-state index in [0.29, 0.717) is 24.4 Å². The van der Waals surface area contributed by atoms with E-state index in [2.05, 4.69) is 0 Å². The Hall–Kier alpha value is -2.16. The summed E-state index contributed by atoms with van der Waals surface area (Å²) in [4.78, 5) is 23.2. The van der Waals surface area contributed by atoms with Crippen LogP contribution in [0.25, 0.3) is 10.8 Å². The molecule has 0 N–H and O–H groups in total. The Labute approximate surface area is 123 Å². The lowest BCUT2D eigenvalue weighted by molar-refractivity contribution is -0.131. The van der Waals surface area contributed by atoms with Crippen molar-refractivity contribution in [1.29, 1.82) is 0 Å². The number of ketones is 1. The summed E-state index contributed by atoms with van der Waals surface area (Å²) in [6, 6.07) is 11.9. The molecular formula is C18H18O3. The Balaban J connectivity index is 2.15. The minimum absolute atomic E-state index is 0.145. The first-order chi connectivity index (χ1) is 10.1. The van der Waals surface area contributed by atoms with Crippen molar-refractivity contribution in [3.8, 4) is 5.75 Å². The SMILES string of the molecule is CC(=O)Oc1ccc2ccccc2c1C1CCCC(=O)C1. The third kappa shape index (κ3) is 2.82. The number of hydrogen-bond acceptors (Lipinski definition) is 3. The minimum Gasteiger partial charge on any atom is -0.426 e. The van der Waals surface area contributed by atoms with Gasteiger partial charge < -0.3 is 4.74 Å². The van der Waals surface area contributed by atoms with Crippen molar-refractivity contribution in [2.45, 2.75) is 38.5 Å². The summed E-state index contributed by atoms with van der Waals surface area (Å²) in [5.41, 5.74) is 1.01. The molecule has 0 heterocycles. The van der Waals surface area contributed by atoms with Gasteiger partial charge in [-0.1, -0.05) is 30.3 Å². The number of Topliss-reactive ketones (excluding diaryl/α,β-unsaturated/α-hetero) is 1. The van der Waals surface area contributed by atoms with E-state index >= 15 is 0 Å². The van der Waals surface area contributed by atoms with Crippen molar-refractivity contribution in [1.82, 2.24) is 0 Å². The molecule has 3 rings (SSSR count). The second-order valence-electron chi connectivity index (χ2n) is 5.62. The van der Waals surface area contributed by atoms with Crippen LogP contribution in [0.5, 0.6) is 5.75 Å². The number of benzene rings is 2. The Morgan fingerprint density at radius 1 is 1.19 bits per heavy atom. The van der Waals surface area contributed by atoms with E-state index in [1.54, 1.807) is 0 Å². The molecule has 3 nitrogen and oxygen atoms in total. The number of hydrogen-bond donors (Lipinski definition) is 0. The highest BCUT2D eigenvalue weighted by molar-refractivity contribution is 5.90. The monoisotopic (exact) mass is 282 g/mol. The van der Waals surface area contributed by atoms with Gasteiger partial charge in [-0.25, -0.2) is 0 Å². The molecule has 0 amide bonds. The Kier molecular flexibility index (Phi) is 3.74. The fourth-order valence-electron chi connectivity index (χ4n) is 3.21. The van der Waals surface area contributed by atoms with Crippen LogP contribution in [0, 0.1) is 0 Å². The molecule has 1 atom stereocenters. The standard InChI is InChI=1S/C18H18O3/c1-12(19)21-17-10-9-13-5-2-3-8-16(13)18(17)14-6-4-7-15(20)11-14/h2-3,5,8-10,14H,4,6-7,11H2,1H3. The summed E-state index contributed by atoms with van der Waals surface area (Å²) >= 11 is 0. The predicted octanol–water partition coefficient (Wildman–Crippen LogP) is 3.99. The van der Waals surface area contributed by atoms with Crippen molar-refractivity contribution >= 4 is 22.5 Å². The molecule has 1 aliphatic rings. The van der Waals surface area contributed by atoms with Crippen LogP contribution in [0.15, 0.2) is 36.4 Å². The zero-order chi connectivity index (χ0) is 14.8. The van der Waals surface area contributed by atoms with E-state index in [-0.39, 0.29) is 11.9 Å². The summed E-state index contributed by atoms with van der Waals surface area (Å²) in [6.45, 7) is 1.41. The summed E-state index contributed by atoms with van der Waals surface area (Å²) in [6.07, 6.45) is 3.09. The molecule has 0 aromatic heterocycles. The van der Waals surface area contributed by atoms with Gasteiger partial charge in [0.1, 0.15) is 11.5 Å². The number of carbonyl (C=O) groups is 2. The Morgan fingerprint density at radius 3 is 2.76 bits per heavy atom. The molecule has 0 spiro atoms. The van der Waals surface area contributed by atoms with Crippen LogP contribution in [0.1, 0.15) is 44.1 Å². The summed E-state index contributed by atoms with van der Waals surface area (Å²) < 4.78 is 5.39. The maximum Gasteiger partial charge on any atom is 0.308 e. The lowest BCUT2D eigenvalue weighted by Gasteiger charge is -2.24. The Morgan fingerprint density at radius 2 is 2.00 bits per heavy atom. The normalized spacial score (nSPS) is 18.7. The molecule has 108 valence electrons. The topological polar surface area (TPSA) is 43.4 Å². The van der Waals surface area contributed by atoms with Crippen LogP contribution in [0.3, 0.4) is 0 Å². The van der Waals surface area contributed by atoms with Crippen molar-refractivity contribution in [2.75, 3.05) is 0 Å². The van der Waals surface area contributed by atoms with Crippen molar-refractivity contribution in [3.63, 3.8) is 0 Å². The molecule has 0 aliphatic heterocycles. The quantitative estimate of drug-likeness (QED) is 0.618. The molecular weight excluding hydrogens is 264 g/mol. The van der Waals surface area contributed by atoms with Gasteiger partial charge in [-0.3, -0.25) is 9.59 Å². The summed E-state index contributed by atoms with van der Waals surface area (Å²) in [5, 5.41) is 2.19. The average molecular weight is 282 g/mol. The van der Waals surface area contributed by atoms with Gasteiger partial charge in [0.05, 0.1) is 0 Å². The molecule has 0 radical (unpaired) electrons. The lowest BCUT2D eigenvalue weighted by atomic mass is 9.81. The zero-order valence-electron chi connectivity index (χ0n) is 12.1. The van der Waals surface area contributed by atoms with Gasteiger partial charge >= 0.3 is 5.97 Å². The molecule has 1 saturated carbocycles. The summed E-state index contributed by atoms with van der Waals surface area (Å²) in [7, 11) is 0. The first-order valence-corrected chi connectivity index (χ1v) is 7.37. The number of rotatable bonds is 2. The average Bonchev–Trinajstić information content (AvgIpc) is 2.46. The first kappa shape index (κ1) is 13.8. The van der Waals surface area contributed by atoms with E-state index < -0.39 is 0 Å². The predicted molar refractivity (Wildman–Crippen MR) is 81.5 cm³/mol. The first-order valence-electron chi connectivity index (χ1n) is 7.37. The lowest BCUT2D eigenvalue weighted by Crippen LogP contribution is -2.15. The second-order valence-corrected chi connectivity index (χ2v) is 5.62. The largest absolute Gasteiger partial charge is 0.426 e. The minimum atomic E-state index is -0.325. The zero-order valence-corrected chi connectivity index (χ0v) is 12.1. The van der Waals surface area contributed by atoms with Crippen LogP contribution in [-0.2, 0) is 9.59 Å². The van der Waals surface area contributed by atoms with Gasteiger partial charge in [0.25, 0.3) is 0 Å². The van der Waals surface area contributed by atoms with Gasteiger partial charge in [0.15, 0.2) is 0 Å². The van der Waals surface area contributed by atoms with Gasteiger partial charge in [-0.05, 0) is 35.6 Å². The maximum absolute atomic E-state index is 11.8. The molecule has 1 aliphatic carbocycles.